The zero-order valence-electron chi connectivity index (χ0n) is 10.1. The van der Waals surface area contributed by atoms with Gasteiger partial charge in [-0.3, -0.25) is 10.2 Å². The van der Waals surface area contributed by atoms with E-state index in [1.54, 1.807) is 25.3 Å². The highest BCUT2D eigenvalue weighted by atomic mass is 79.9. The standard InChI is InChI=1S/C12H15BrN2O3/c1-17-9-2-3-11(13)10(8-9)12(16)14-15-4-6-18-7-5-15/h2-3,8H,4-7H2,1H3,(H,14,16). The molecule has 1 amide bonds. The molecule has 0 unspecified atom stereocenters. The van der Waals surface area contributed by atoms with E-state index < -0.39 is 0 Å². The lowest BCUT2D eigenvalue weighted by Gasteiger charge is -2.27. The van der Waals surface area contributed by atoms with Gasteiger partial charge in [0, 0.05) is 17.6 Å². The summed E-state index contributed by atoms with van der Waals surface area (Å²) in [6.45, 7) is 2.68. The van der Waals surface area contributed by atoms with Crippen molar-refractivity contribution < 1.29 is 14.3 Å². The van der Waals surface area contributed by atoms with E-state index in [-0.39, 0.29) is 5.91 Å². The monoisotopic (exact) mass is 314 g/mol. The summed E-state index contributed by atoms with van der Waals surface area (Å²) in [7, 11) is 1.58. The molecule has 1 N–H and O–H groups in total. The fourth-order valence-electron chi connectivity index (χ4n) is 1.68. The third-order valence-corrected chi connectivity index (χ3v) is 3.38. The van der Waals surface area contributed by atoms with Crippen molar-refractivity contribution in [3.63, 3.8) is 0 Å². The molecule has 0 radical (unpaired) electrons. The average Bonchev–Trinajstić information content (AvgIpc) is 2.40. The van der Waals surface area contributed by atoms with Crippen molar-refractivity contribution in [2.75, 3.05) is 33.4 Å². The highest BCUT2D eigenvalue weighted by Crippen LogP contribution is 2.22. The second-order valence-electron chi connectivity index (χ2n) is 3.89. The minimum Gasteiger partial charge on any atom is -0.497 e. The summed E-state index contributed by atoms with van der Waals surface area (Å²) in [5.74, 6) is 0.507. The Kier molecular flexibility index (Phi) is 4.57. The highest BCUT2D eigenvalue weighted by Gasteiger charge is 2.16. The summed E-state index contributed by atoms with van der Waals surface area (Å²) in [4.78, 5) is 12.1. The number of hydrogen-bond acceptors (Lipinski definition) is 4. The predicted octanol–water partition coefficient (Wildman–Crippen LogP) is 1.43. The van der Waals surface area contributed by atoms with Crippen LogP contribution in [0, 0.1) is 0 Å². The molecule has 1 saturated heterocycles. The van der Waals surface area contributed by atoms with Crippen LogP contribution in [0.2, 0.25) is 0 Å². The van der Waals surface area contributed by atoms with Gasteiger partial charge in [0.25, 0.3) is 5.91 Å². The van der Waals surface area contributed by atoms with Gasteiger partial charge in [-0.2, -0.15) is 0 Å². The molecular formula is C12H15BrN2O3. The Balaban J connectivity index is 2.07. The number of halogens is 1. The number of nitrogens with zero attached hydrogens (tertiary/aromatic N) is 1. The van der Waals surface area contributed by atoms with Gasteiger partial charge in [-0.15, -0.1) is 0 Å². The lowest BCUT2D eigenvalue weighted by Crippen LogP contribution is -2.48. The van der Waals surface area contributed by atoms with Crippen molar-refractivity contribution in [3.05, 3.63) is 28.2 Å². The lowest BCUT2D eigenvalue weighted by atomic mass is 10.2. The second-order valence-corrected chi connectivity index (χ2v) is 4.74. The van der Waals surface area contributed by atoms with Gasteiger partial charge in [-0.25, -0.2) is 5.01 Å². The molecule has 1 aromatic rings. The first-order chi connectivity index (χ1) is 8.70. The molecule has 1 fully saturated rings. The molecule has 1 heterocycles. The van der Waals surface area contributed by atoms with Crippen LogP contribution < -0.4 is 10.2 Å². The van der Waals surface area contributed by atoms with E-state index >= 15 is 0 Å². The van der Waals surface area contributed by atoms with E-state index in [1.165, 1.54) is 0 Å². The van der Waals surface area contributed by atoms with Gasteiger partial charge in [0.1, 0.15) is 5.75 Å². The topological polar surface area (TPSA) is 50.8 Å². The number of benzene rings is 1. The van der Waals surface area contributed by atoms with Crippen LogP contribution in [-0.2, 0) is 4.74 Å². The SMILES string of the molecule is COc1ccc(Br)c(C(=O)NN2CCOCC2)c1. The summed E-state index contributed by atoms with van der Waals surface area (Å²) in [5, 5.41) is 1.86. The van der Waals surface area contributed by atoms with Gasteiger partial charge < -0.3 is 9.47 Å². The molecule has 18 heavy (non-hydrogen) atoms. The van der Waals surface area contributed by atoms with Crippen molar-refractivity contribution in [3.8, 4) is 5.75 Å². The Labute approximate surface area is 114 Å². The molecule has 0 saturated carbocycles. The van der Waals surface area contributed by atoms with Crippen LogP contribution >= 0.6 is 15.9 Å². The highest BCUT2D eigenvalue weighted by molar-refractivity contribution is 9.10. The Morgan fingerprint density at radius 2 is 2.17 bits per heavy atom. The van der Waals surface area contributed by atoms with Crippen LogP contribution in [0.25, 0.3) is 0 Å². The fraction of sp³-hybridized carbons (Fsp3) is 0.417. The number of hydrogen-bond donors (Lipinski definition) is 1. The quantitative estimate of drug-likeness (QED) is 0.917. The smallest absolute Gasteiger partial charge is 0.266 e. The largest absolute Gasteiger partial charge is 0.497 e. The predicted molar refractivity (Wildman–Crippen MR) is 70.6 cm³/mol. The van der Waals surface area contributed by atoms with Crippen molar-refractivity contribution in [2.45, 2.75) is 0 Å². The molecular weight excluding hydrogens is 300 g/mol. The number of amides is 1. The third-order valence-electron chi connectivity index (χ3n) is 2.69. The van der Waals surface area contributed by atoms with Gasteiger partial charge in [0.05, 0.1) is 25.9 Å². The van der Waals surface area contributed by atoms with E-state index in [0.29, 0.717) is 37.6 Å². The zero-order valence-corrected chi connectivity index (χ0v) is 11.7. The molecule has 98 valence electrons. The van der Waals surface area contributed by atoms with Gasteiger partial charge in [-0.1, -0.05) is 0 Å². The van der Waals surface area contributed by atoms with Gasteiger partial charge in [0.15, 0.2) is 0 Å². The average molecular weight is 315 g/mol. The Morgan fingerprint density at radius 3 is 2.83 bits per heavy atom. The molecule has 5 nitrogen and oxygen atoms in total. The number of rotatable bonds is 3. The number of morpholine rings is 1. The van der Waals surface area contributed by atoms with Crippen LogP contribution in [-0.4, -0.2) is 44.3 Å². The molecule has 1 aromatic carbocycles. The first-order valence-corrected chi connectivity index (χ1v) is 6.47. The van der Waals surface area contributed by atoms with Gasteiger partial charge in [0.2, 0.25) is 0 Å². The molecule has 1 aliphatic heterocycles. The van der Waals surface area contributed by atoms with Crippen molar-refractivity contribution in [2.24, 2.45) is 0 Å². The fourth-order valence-corrected chi connectivity index (χ4v) is 2.11. The maximum Gasteiger partial charge on any atom is 0.266 e. The first-order valence-electron chi connectivity index (χ1n) is 5.68. The summed E-state index contributed by atoms with van der Waals surface area (Å²) >= 11 is 3.37. The van der Waals surface area contributed by atoms with E-state index in [0.717, 1.165) is 4.47 Å². The summed E-state index contributed by atoms with van der Waals surface area (Å²) in [5.41, 5.74) is 3.41. The molecule has 0 spiro atoms. The molecule has 1 aliphatic rings. The molecule has 0 aromatic heterocycles. The van der Waals surface area contributed by atoms with Crippen LogP contribution in [0.4, 0.5) is 0 Å². The van der Waals surface area contributed by atoms with Gasteiger partial charge in [-0.05, 0) is 34.1 Å². The Bertz CT molecular complexity index is 433. The number of nitrogens with one attached hydrogen (secondary N) is 1. The van der Waals surface area contributed by atoms with Crippen LogP contribution in [0.3, 0.4) is 0 Å². The molecule has 0 atom stereocenters. The molecule has 0 aliphatic carbocycles. The van der Waals surface area contributed by atoms with Gasteiger partial charge >= 0.3 is 0 Å². The van der Waals surface area contributed by atoms with Crippen molar-refractivity contribution in [1.82, 2.24) is 10.4 Å². The van der Waals surface area contributed by atoms with Crippen molar-refractivity contribution in [1.29, 1.82) is 0 Å². The van der Waals surface area contributed by atoms with Crippen LogP contribution in [0.5, 0.6) is 5.75 Å². The second kappa shape index (κ2) is 6.17. The molecule has 2 rings (SSSR count). The van der Waals surface area contributed by atoms with E-state index in [9.17, 15) is 4.79 Å². The number of carbonyl (C=O) groups excluding carboxylic acids is 1. The normalized spacial score (nSPS) is 16.3. The number of methoxy groups -OCH3 is 1. The molecule has 6 heteroatoms. The van der Waals surface area contributed by atoms with E-state index in [1.807, 2.05) is 5.01 Å². The Hall–Kier alpha value is -1.11. The van der Waals surface area contributed by atoms with Crippen molar-refractivity contribution >= 4 is 21.8 Å². The summed E-state index contributed by atoms with van der Waals surface area (Å²) in [6, 6.07) is 5.31. The van der Waals surface area contributed by atoms with Crippen LogP contribution in [0.15, 0.2) is 22.7 Å². The number of hydrazine groups is 1. The van der Waals surface area contributed by atoms with E-state index in [4.69, 9.17) is 9.47 Å². The zero-order chi connectivity index (χ0) is 13.0. The summed E-state index contributed by atoms with van der Waals surface area (Å²) in [6.07, 6.45) is 0. The number of ether oxygens (including phenoxy) is 2. The third kappa shape index (κ3) is 3.22. The lowest BCUT2D eigenvalue weighted by molar-refractivity contribution is 0.0126. The minimum absolute atomic E-state index is 0.150. The first kappa shape index (κ1) is 13.3. The van der Waals surface area contributed by atoms with E-state index in [2.05, 4.69) is 21.4 Å². The molecule has 0 bridgehead atoms. The number of carbonyl (C=O) groups is 1. The maximum absolute atomic E-state index is 12.1. The van der Waals surface area contributed by atoms with Crippen LogP contribution in [0.1, 0.15) is 10.4 Å². The Morgan fingerprint density at radius 1 is 1.44 bits per heavy atom. The maximum atomic E-state index is 12.1. The minimum atomic E-state index is -0.150. The summed E-state index contributed by atoms with van der Waals surface area (Å²) < 4.78 is 11.1.